The van der Waals surface area contributed by atoms with Gasteiger partial charge >= 0.3 is 0 Å². The first-order chi connectivity index (χ1) is 6.79. The number of aromatic nitrogens is 3. The van der Waals surface area contributed by atoms with Crippen molar-refractivity contribution in [2.45, 2.75) is 12.1 Å². The number of rotatable bonds is 2. The van der Waals surface area contributed by atoms with E-state index < -0.39 is 0 Å². The Morgan fingerprint density at radius 1 is 1.36 bits per heavy atom. The van der Waals surface area contributed by atoms with Crippen LogP contribution in [0.25, 0.3) is 11.5 Å². The Morgan fingerprint density at radius 3 is 2.86 bits per heavy atom. The molecule has 2 heterocycles. The van der Waals surface area contributed by atoms with Gasteiger partial charge < -0.3 is 4.42 Å². The molecule has 14 heavy (non-hydrogen) atoms. The Hall–Kier alpha value is -1.36. The van der Waals surface area contributed by atoms with E-state index in [1.54, 1.807) is 25.4 Å². The van der Waals surface area contributed by atoms with Gasteiger partial charge in [-0.2, -0.15) is 0 Å². The first-order valence-electron chi connectivity index (χ1n) is 4.09. The van der Waals surface area contributed by atoms with Crippen molar-refractivity contribution in [2.24, 2.45) is 0 Å². The second-order valence-electron chi connectivity index (χ2n) is 2.67. The maximum absolute atomic E-state index is 5.36. The maximum atomic E-state index is 5.36. The maximum Gasteiger partial charge on any atom is 0.191 e. The molecule has 0 aromatic carbocycles. The highest BCUT2D eigenvalue weighted by molar-refractivity contribution is 7.98. The lowest BCUT2D eigenvalue weighted by molar-refractivity contribution is 0.532. The zero-order chi connectivity index (χ0) is 9.97. The SMILES string of the molecule is CSc1nccc(-c2cnc(C)o2)n1. The lowest BCUT2D eigenvalue weighted by atomic mass is 10.3. The van der Waals surface area contributed by atoms with E-state index in [1.165, 1.54) is 11.8 Å². The lowest BCUT2D eigenvalue weighted by Crippen LogP contribution is -1.87. The molecule has 0 amide bonds. The summed E-state index contributed by atoms with van der Waals surface area (Å²) in [7, 11) is 0. The molecule has 2 aromatic rings. The van der Waals surface area contributed by atoms with Crippen LogP contribution in [0.3, 0.4) is 0 Å². The molecule has 72 valence electrons. The largest absolute Gasteiger partial charge is 0.439 e. The normalized spacial score (nSPS) is 10.4. The Kier molecular flexibility index (Phi) is 2.49. The van der Waals surface area contributed by atoms with Crippen molar-refractivity contribution in [3.63, 3.8) is 0 Å². The van der Waals surface area contributed by atoms with E-state index >= 15 is 0 Å². The fraction of sp³-hybridized carbons (Fsp3) is 0.222. The summed E-state index contributed by atoms with van der Waals surface area (Å²) in [5, 5.41) is 0.733. The number of oxazole rings is 1. The molecule has 0 aliphatic carbocycles. The fourth-order valence-corrected chi connectivity index (χ4v) is 1.41. The van der Waals surface area contributed by atoms with E-state index in [4.69, 9.17) is 4.42 Å². The molecular weight excluding hydrogens is 198 g/mol. The quantitative estimate of drug-likeness (QED) is 0.558. The van der Waals surface area contributed by atoms with Crippen LogP contribution in [-0.2, 0) is 0 Å². The summed E-state index contributed by atoms with van der Waals surface area (Å²) in [6.45, 7) is 1.81. The van der Waals surface area contributed by atoms with Gasteiger partial charge in [-0.25, -0.2) is 15.0 Å². The predicted octanol–water partition coefficient (Wildman–Crippen LogP) is 2.16. The second-order valence-corrected chi connectivity index (χ2v) is 3.45. The summed E-state index contributed by atoms with van der Waals surface area (Å²) in [5.41, 5.74) is 0.768. The third-order valence-corrected chi connectivity index (χ3v) is 2.25. The lowest BCUT2D eigenvalue weighted by Gasteiger charge is -1.96. The predicted molar refractivity (Wildman–Crippen MR) is 54.0 cm³/mol. The Morgan fingerprint density at radius 2 is 2.21 bits per heavy atom. The molecule has 0 aliphatic rings. The molecule has 5 heteroatoms. The van der Waals surface area contributed by atoms with Crippen LogP contribution in [0.2, 0.25) is 0 Å². The summed E-state index contributed by atoms with van der Waals surface area (Å²) in [6, 6.07) is 1.81. The van der Waals surface area contributed by atoms with E-state index in [1.807, 2.05) is 6.26 Å². The van der Waals surface area contributed by atoms with Crippen LogP contribution in [0, 0.1) is 6.92 Å². The average Bonchev–Trinajstić information content (AvgIpc) is 2.65. The monoisotopic (exact) mass is 207 g/mol. The molecule has 0 saturated carbocycles. The van der Waals surface area contributed by atoms with E-state index in [2.05, 4.69) is 15.0 Å². The minimum Gasteiger partial charge on any atom is -0.439 e. The molecular formula is C9H9N3OS. The van der Waals surface area contributed by atoms with Crippen LogP contribution in [0.5, 0.6) is 0 Å². The van der Waals surface area contributed by atoms with Gasteiger partial charge in [0.15, 0.2) is 16.8 Å². The number of hydrogen-bond acceptors (Lipinski definition) is 5. The second kappa shape index (κ2) is 3.79. The van der Waals surface area contributed by atoms with Crippen LogP contribution >= 0.6 is 11.8 Å². The third-order valence-electron chi connectivity index (χ3n) is 1.69. The van der Waals surface area contributed by atoms with Gasteiger partial charge in [0.1, 0.15) is 5.69 Å². The molecule has 2 rings (SSSR count). The minimum atomic E-state index is 0.643. The van der Waals surface area contributed by atoms with Crippen molar-refractivity contribution >= 4 is 11.8 Å². The number of aryl methyl sites for hydroxylation is 1. The van der Waals surface area contributed by atoms with E-state index in [-0.39, 0.29) is 0 Å². The molecule has 0 aliphatic heterocycles. The van der Waals surface area contributed by atoms with Gasteiger partial charge in [-0.3, -0.25) is 0 Å². The van der Waals surface area contributed by atoms with Gasteiger partial charge in [0.05, 0.1) is 6.20 Å². The zero-order valence-corrected chi connectivity index (χ0v) is 8.71. The van der Waals surface area contributed by atoms with E-state index in [0.29, 0.717) is 11.7 Å². The van der Waals surface area contributed by atoms with E-state index in [9.17, 15) is 0 Å². The van der Waals surface area contributed by atoms with Gasteiger partial charge in [0.25, 0.3) is 0 Å². The molecule has 2 aromatic heterocycles. The van der Waals surface area contributed by atoms with Crippen molar-refractivity contribution in [1.29, 1.82) is 0 Å². The summed E-state index contributed by atoms with van der Waals surface area (Å²) < 4.78 is 5.36. The molecule has 0 spiro atoms. The Labute approximate surface area is 85.8 Å². The van der Waals surface area contributed by atoms with Gasteiger partial charge in [-0.05, 0) is 12.3 Å². The van der Waals surface area contributed by atoms with Gasteiger partial charge in [-0.1, -0.05) is 11.8 Å². The van der Waals surface area contributed by atoms with Crippen LogP contribution in [-0.4, -0.2) is 21.2 Å². The summed E-state index contributed by atoms with van der Waals surface area (Å²) in [5.74, 6) is 1.32. The number of hydrogen-bond donors (Lipinski definition) is 0. The smallest absolute Gasteiger partial charge is 0.191 e. The van der Waals surface area contributed by atoms with Crippen molar-refractivity contribution in [3.8, 4) is 11.5 Å². The molecule has 0 atom stereocenters. The van der Waals surface area contributed by atoms with Crippen LogP contribution in [0.1, 0.15) is 5.89 Å². The Balaban J connectivity index is 2.41. The highest BCUT2D eigenvalue weighted by Gasteiger charge is 2.05. The number of nitrogens with zero attached hydrogens (tertiary/aromatic N) is 3. The van der Waals surface area contributed by atoms with Gasteiger partial charge in [0.2, 0.25) is 0 Å². The Bertz CT molecular complexity index is 441. The van der Waals surface area contributed by atoms with E-state index in [0.717, 1.165) is 10.9 Å². The number of thioether (sulfide) groups is 1. The van der Waals surface area contributed by atoms with Crippen LogP contribution < -0.4 is 0 Å². The third kappa shape index (κ3) is 1.77. The fourth-order valence-electron chi connectivity index (χ4n) is 1.06. The highest BCUT2D eigenvalue weighted by Crippen LogP contribution is 2.19. The molecule has 0 N–H and O–H groups in total. The molecule has 0 unspecified atom stereocenters. The highest BCUT2D eigenvalue weighted by atomic mass is 32.2. The minimum absolute atomic E-state index is 0.643. The van der Waals surface area contributed by atoms with Crippen molar-refractivity contribution in [1.82, 2.24) is 15.0 Å². The van der Waals surface area contributed by atoms with Crippen molar-refractivity contribution in [2.75, 3.05) is 6.26 Å². The molecule has 0 saturated heterocycles. The standard InChI is InChI=1S/C9H9N3OS/c1-6-11-5-8(13-6)7-3-4-10-9(12-7)14-2/h3-5H,1-2H3. The first-order valence-corrected chi connectivity index (χ1v) is 5.32. The summed E-state index contributed by atoms with van der Waals surface area (Å²) in [6.07, 6.45) is 5.32. The van der Waals surface area contributed by atoms with Crippen molar-refractivity contribution in [3.05, 3.63) is 24.4 Å². The van der Waals surface area contributed by atoms with Gasteiger partial charge in [-0.15, -0.1) is 0 Å². The average molecular weight is 207 g/mol. The molecule has 0 bridgehead atoms. The first kappa shape index (κ1) is 9.21. The molecule has 0 radical (unpaired) electrons. The molecule has 0 fully saturated rings. The zero-order valence-electron chi connectivity index (χ0n) is 7.89. The van der Waals surface area contributed by atoms with Crippen molar-refractivity contribution < 1.29 is 4.42 Å². The topological polar surface area (TPSA) is 51.8 Å². The van der Waals surface area contributed by atoms with Gasteiger partial charge in [0, 0.05) is 13.1 Å². The van der Waals surface area contributed by atoms with Crippen LogP contribution in [0.15, 0.2) is 28.0 Å². The van der Waals surface area contributed by atoms with Crippen LogP contribution in [0.4, 0.5) is 0 Å². The summed E-state index contributed by atoms with van der Waals surface area (Å²) >= 11 is 1.50. The summed E-state index contributed by atoms with van der Waals surface area (Å²) in [4.78, 5) is 12.4. The molecule has 4 nitrogen and oxygen atoms in total.